The quantitative estimate of drug-likeness (QED) is 0.776. The summed E-state index contributed by atoms with van der Waals surface area (Å²) in [5.74, 6) is -0.519. The number of likely N-dealkylation sites (N-methyl/N-ethyl adjacent to an activating group) is 1. The molecular weight excluding hydrogens is 262 g/mol. The highest BCUT2D eigenvalue weighted by molar-refractivity contribution is 9.06. The van der Waals surface area contributed by atoms with Crippen molar-refractivity contribution in [3.63, 3.8) is 0 Å². The van der Waals surface area contributed by atoms with Crippen molar-refractivity contribution in [1.29, 1.82) is 0 Å². The van der Waals surface area contributed by atoms with Gasteiger partial charge < -0.3 is 8.73 Å². The predicted molar refractivity (Wildman–Crippen MR) is 61.4 cm³/mol. The molecule has 1 amide bonds. The Morgan fingerprint density at radius 2 is 1.93 bits per heavy atom. The lowest BCUT2D eigenvalue weighted by Gasteiger charge is -2.32. The van der Waals surface area contributed by atoms with Crippen molar-refractivity contribution in [2.24, 2.45) is 0 Å². The molecule has 0 aliphatic carbocycles. The Kier molecular flexibility index (Phi) is 5.87. The zero-order valence-corrected chi connectivity index (χ0v) is 11.3. The molecule has 0 aromatic carbocycles. The molecule has 5 heteroatoms. The van der Waals surface area contributed by atoms with Gasteiger partial charge in [0.25, 0.3) is 0 Å². The number of carbonyl (C=O) groups excluding carboxylic acids is 2. The molecule has 0 aliphatic rings. The van der Waals surface area contributed by atoms with E-state index >= 15 is 0 Å². The Morgan fingerprint density at radius 1 is 1.40 bits per heavy atom. The average Bonchev–Trinajstić information content (AvgIpc) is 2.23. The van der Waals surface area contributed by atoms with Crippen molar-refractivity contribution in [3.8, 4) is 0 Å². The van der Waals surface area contributed by atoms with Gasteiger partial charge in [0.05, 0.1) is 0 Å². The minimum Gasteiger partial charge on any atom is -0.382 e. The summed E-state index contributed by atoms with van der Waals surface area (Å²) < 4.78 is 4.47. The molecule has 0 N–H and O–H groups in total. The summed E-state index contributed by atoms with van der Waals surface area (Å²) in [4.78, 5) is 24.5. The Morgan fingerprint density at radius 3 is 2.33 bits per heavy atom. The molecule has 0 spiro atoms. The van der Waals surface area contributed by atoms with Gasteiger partial charge >= 0.3 is 5.97 Å². The Hall–Kier alpha value is -0.580. The standard InChI is InChI=1S/C10H18BrNO3/c1-5-6-7-8(13)12(4)10(2,3)9(14)15-11/h5-7H2,1-4H3. The molecule has 0 atom stereocenters. The van der Waals surface area contributed by atoms with Crippen LogP contribution >= 0.6 is 16.3 Å². The normalized spacial score (nSPS) is 11.0. The van der Waals surface area contributed by atoms with Gasteiger partial charge in [-0.2, -0.15) is 0 Å². The Bertz CT molecular complexity index is 241. The second kappa shape index (κ2) is 6.10. The Balaban J connectivity index is 4.47. The second-order valence-electron chi connectivity index (χ2n) is 3.98. The number of nitrogens with zero attached hydrogens (tertiary/aromatic N) is 1. The minimum atomic E-state index is -0.936. The van der Waals surface area contributed by atoms with Crippen LogP contribution in [0.2, 0.25) is 0 Å². The van der Waals surface area contributed by atoms with Crippen LogP contribution in [-0.4, -0.2) is 29.4 Å². The van der Waals surface area contributed by atoms with Gasteiger partial charge in [-0.3, -0.25) is 4.79 Å². The van der Waals surface area contributed by atoms with Gasteiger partial charge in [-0.15, -0.1) is 0 Å². The number of hydrogen-bond donors (Lipinski definition) is 0. The van der Waals surface area contributed by atoms with Gasteiger partial charge in [0.15, 0.2) is 16.3 Å². The largest absolute Gasteiger partial charge is 0.382 e. The third kappa shape index (κ3) is 3.81. The molecular formula is C10H18BrNO3. The van der Waals surface area contributed by atoms with E-state index in [1.165, 1.54) is 4.90 Å². The van der Waals surface area contributed by atoms with Crippen LogP contribution in [0.3, 0.4) is 0 Å². The van der Waals surface area contributed by atoms with Crippen LogP contribution in [0.5, 0.6) is 0 Å². The summed E-state index contributed by atoms with van der Waals surface area (Å²) in [7, 11) is 1.61. The van der Waals surface area contributed by atoms with Crippen molar-refractivity contribution in [1.82, 2.24) is 4.90 Å². The van der Waals surface area contributed by atoms with Gasteiger partial charge in [-0.1, -0.05) is 13.3 Å². The summed E-state index contributed by atoms with van der Waals surface area (Å²) in [6.45, 7) is 5.33. The summed E-state index contributed by atoms with van der Waals surface area (Å²) in [5.41, 5.74) is -0.936. The van der Waals surface area contributed by atoms with E-state index in [9.17, 15) is 9.59 Å². The topological polar surface area (TPSA) is 46.6 Å². The fourth-order valence-electron chi connectivity index (χ4n) is 1.04. The van der Waals surface area contributed by atoms with E-state index in [4.69, 9.17) is 0 Å². The molecule has 0 fully saturated rings. The van der Waals surface area contributed by atoms with E-state index in [-0.39, 0.29) is 5.91 Å². The number of halogens is 1. The van der Waals surface area contributed by atoms with Crippen LogP contribution in [-0.2, 0) is 13.4 Å². The average molecular weight is 280 g/mol. The number of amides is 1. The number of carbonyl (C=O) groups is 2. The van der Waals surface area contributed by atoms with Crippen LogP contribution in [0.15, 0.2) is 0 Å². The summed E-state index contributed by atoms with van der Waals surface area (Å²) >= 11 is 2.63. The zero-order chi connectivity index (χ0) is 12.1. The highest BCUT2D eigenvalue weighted by Crippen LogP contribution is 2.17. The lowest BCUT2D eigenvalue weighted by atomic mass is 10.0. The maximum Gasteiger partial charge on any atom is 0.342 e. The zero-order valence-electron chi connectivity index (χ0n) is 9.67. The van der Waals surface area contributed by atoms with Crippen LogP contribution in [0, 0.1) is 0 Å². The van der Waals surface area contributed by atoms with Gasteiger partial charge in [-0.05, 0) is 20.3 Å². The van der Waals surface area contributed by atoms with Crippen molar-refractivity contribution in [3.05, 3.63) is 0 Å². The SMILES string of the molecule is CCCCC(=O)N(C)C(C)(C)C(=O)OBr. The molecule has 0 saturated heterocycles. The highest BCUT2D eigenvalue weighted by Gasteiger charge is 2.36. The first kappa shape index (κ1) is 14.4. The molecule has 0 aromatic heterocycles. The first-order valence-electron chi connectivity index (χ1n) is 4.97. The number of hydrogen-bond acceptors (Lipinski definition) is 3. The molecule has 4 nitrogen and oxygen atoms in total. The van der Waals surface area contributed by atoms with E-state index < -0.39 is 11.5 Å². The lowest BCUT2D eigenvalue weighted by Crippen LogP contribution is -2.50. The summed E-state index contributed by atoms with van der Waals surface area (Å²) in [6.07, 6.45) is 2.26. The summed E-state index contributed by atoms with van der Waals surface area (Å²) in [6, 6.07) is 0. The minimum absolute atomic E-state index is 0.0419. The van der Waals surface area contributed by atoms with Gasteiger partial charge in [0.2, 0.25) is 5.91 Å². The van der Waals surface area contributed by atoms with Crippen LogP contribution < -0.4 is 0 Å². The predicted octanol–water partition coefficient (Wildman–Crippen LogP) is 2.27. The monoisotopic (exact) mass is 279 g/mol. The molecule has 0 bridgehead atoms. The fraction of sp³-hybridized carbons (Fsp3) is 0.800. The van der Waals surface area contributed by atoms with Crippen LogP contribution in [0.4, 0.5) is 0 Å². The molecule has 15 heavy (non-hydrogen) atoms. The van der Waals surface area contributed by atoms with Crippen molar-refractivity contribution < 1.29 is 13.4 Å². The van der Waals surface area contributed by atoms with Crippen LogP contribution in [0.25, 0.3) is 0 Å². The molecule has 0 rings (SSSR count). The number of rotatable bonds is 5. The van der Waals surface area contributed by atoms with Gasteiger partial charge in [0.1, 0.15) is 5.54 Å². The first-order valence-corrected chi connectivity index (χ1v) is 5.62. The molecule has 0 saturated carbocycles. The molecule has 0 radical (unpaired) electrons. The van der Waals surface area contributed by atoms with E-state index in [0.717, 1.165) is 12.8 Å². The Labute approximate surface area is 99.4 Å². The van der Waals surface area contributed by atoms with E-state index in [0.29, 0.717) is 6.42 Å². The van der Waals surface area contributed by atoms with Gasteiger partial charge in [-0.25, -0.2) is 4.79 Å². The fourth-order valence-corrected chi connectivity index (χ4v) is 1.43. The molecule has 88 valence electrons. The van der Waals surface area contributed by atoms with Crippen molar-refractivity contribution in [2.75, 3.05) is 7.05 Å². The van der Waals surface area contributed by atoms with E-state index in [2.05, 4.69) is 20.1 Å². The highest BCUT2D eigenvalue weighted by atomic mass is 79.9. The maximum absolute atomic E-state index is 11.7. The maximum atomic E-state index is 11.7. The van der Waals surface area contributed by atoms with E-state index in [1.807, 2.05) is 6.92 Å². The third-order valence-electron chi connectivity index (χ3n) is 2.53. The molecule has 0 unspecified atom stereocenters. The van der Waals surface area contributed by atoms with Gasteiger partial charge in [0, 0.05) is 13.5 Å². The lowest BCUT2D eigenvalue weighted by molar-refractivity contribution is -0.151. The van der Waals surface area contributed by atoms with Crippen molar-refractivity contribution in [2.45, 2.75) is 45.6 Å². The second-order valence-corrected chi connectivity index (χ2v) is 4.30. The molecule has 0 aromatic rings. The van der Waals surface area contributed by atoms with Crippen molar-refractivity contribution >= 4 is 28.1 Å². The summed E-state index contributed by atoms with van der Waals surface area (Å²) in [5, 5.41) is 0. The van der Waals surface area contributed by atoms with E-state index in [1.54, 1.807) is 20.9 Å². The first-order chi connectivity index (χ1) is 6.87. The number of unbranched alkanes of at least 4 members (excludes halogenated alkanes) is 1. The smallest absolute Gasteiger partial charge is 0.342 e. The molecule has 0 heterocycles. The molecule has 0 aliphatic heterocycles. The third-order valence-corrected chi connectivity index (χ3v) is 2.82. The van der Waals surface area contributed by atoms with Crippen LogP contribution in [0.1, 0.15) is 40.0 Å².